The van der Waals surface area contributed by atoms with Crippen molar-refractivity contribution in [2.75, 3.05) is 7.11 Å². The predicted molar refractivity (Wildman–Crippen MR) is 113 cm³/mol. The lowest BCUT2D eigenvalue weighted by Gasteiger charge is -2.06. The number of carbonyl (C=O) groups is 1. The summed E-state index contributed by atoms with van der Waals surface area (Å²) in [4.78, 5) is 12.1. The summed E-state index contributed by atoms with van der Waals surface area (Å²) in [6, 6.07) is 14.4. The van der Waals surface area contributed by atoms with E-state index in [1.165, 1.54) is 6.07 Å². The molecule has 2 N–H and O–H groups in total. The van der Waals surface area contributed by atoms with Gasteiger partial charge in [0.2, 0.25) is 0 Å². The van der Waals surface area contributed by atoms with E-state index < -0.39 is 0 Å². The Labute approximate surface area is 170 Å². The zero-order chi connectivity index (χ0) is 19.4. The van der Waals surface area contributed by atoms with Crippen molar-refractivity contribution in [3.05, 3.63) is 75.1 Å². The number of carbonyl (C=O) groups excluding carboxylic acids is 1. The number of methoxy groups -OCH3 is 1. The van der Waals surface area contributed by atoms with Crippen molar-refractivity contribution in [1.29, 1.82) is 0 Å². The molecule has 7 heteroatoms. The van der Waals surface area contributed by atoms with Gasteiger partial charge in [0, 0.05) is 28.7 Å². The standard InChI is InChI=1S/C20H18IN3O3/c1-13-9-14(12-24(13)16-4-6-17(27-2)7-5-16)11-22-23-20(26)15-3-8-18(21)19(25)10-15/h3-12,25H,1-2H3,(H,23,26)/b22-11-. The quantitative estimate of drug-likeness (QED) is 0.334. The number of phenolic OH excluding ortho intramolecular Hbond substituents is 1. The minimum Gasteiger partial charge on any atom is -0.507 e. The smallest absolute Gasteiger partial charge is 0.271 e. The van der Waals surface area contributed by atoms with Crippen LogP contribution in [0, 0.1) is 10.5 Å². The van der Waals surface area contributed by atoms with Crippen LogP contribution in [-0.2, 0) is 0 Å². The lowest BCUT2D eigenvalue weighted by atomic mass is 10.2. The summed E-state index contributed by atoms with van der Waals surface area (Å²) >= 11 is 1.99. The summed E-state index contributed by atoms with van der Waals surface area (Å²) in [5, 5.41) is 13.7. The molecular formula is C20H18IN3O3. The number of halogens is 1. The van der Waals surface area contributed by atoms with Gasteiger partial charge in [-0.1, -0.05) is 0 Å². The number of nitrogens with zero attached hydrogens (tertiary/aromatic N) is 2. The molecule has 27 heavy (non-hydrogen) atoms. The molecule has 0 saturated heterocycles. The maximum absolute atomic E-state index is 12.1. The van der Waals surface area contributed by atoms with Gasteiger partial charge in [-0.05, 0) is 78.0 Å². The van der Waals surface area contributed by atoms with E-state index in [4.69, 9.17) is 4.74 Å². The fraction of sp³-hybridized carbons (Fsp3) is 0.100. The number of nitrogens with one attached hydrogen (secondary N) is 1. The van der Waals surface area contributed by atoms with Crippen molar-refractivity contribution in [2.24, 2.45) is 5.10 Å². The molecule has 0 unspecified atom stereocenters. The van der Waals surface area contributed by atoms with Gasteiger partial charge in [0.15, 0.2) is 0 Å². The van der Waals surface area contributed by atoms with E-state index in [0.717, 1.165) is 22.7 Å². The first-order chi connectivity index (χ1) is 13.0. The third-order valence-corrected chi connectivity index (χ3v) is 4.88. The summed E-state index contributed by atoms with van der Waals surface area (Å²) in [5.41, 5.74) is 5.71. The van der Waals surface area contributed by atoms with Crippen LogP contribution in [0.25, 0.3) is 5.69 Å². The number of rotatable bonds is 5. The van der Waals surface area contributed by atoms with Gasteiger partial charge in [-0.25, -0.2) is 5.43 Å². The second kappa shape index (κ2) is 8.26. The van der Waals surface area contributed by atoms with Crippen molar-refractivity contribution >= 4 is 34.7 Å². The molecule has 0 atom stereocenters. The van der Waals surface area contributed by atoms with Gasteiger partial charge in [-0.3, -0.25) is 4.79 Å². The predicted octanol–water partition coefficient (Wildman–Crippen LogP) is 3.87. The van der Waals surface area contributed by atoms with E-state index in [1.54, 1.807) is 25.5 Å². The number of ether oxygens (including phenoxy) is 1. The SMILES string of the molecule is COc1ccc(-n2cc(/C=N\NC(=O)c3ccc(I)c(O)c3)cc2C)cc1. The zero-order valence-electron chi connectivity index (χ0n) is 14.8. The Morgan fingerprint density at radius 3 is 2.63 bits per heavy atom. The van der Waals surface area contributed by atoms with E-state index in [0.29, 0.717) is 9.13 Å². The first-order valence-corrected chi connectivity index (χ1v) is 9.21. The van der Waals surface area contributed by atoms with Crippen LogP contribution in [-0.4, -0.2) is 28.9 Å². The molecule has 6 nitrogen and oxygen atoms in total. The molecule has 0 fully saturated rings. The number of phenols is 1. The average Bonchev–Trinajstić information content (AvgIpc) is 3.04. The van der Waals surface area contributed by atoms with Crippen LogP contribution < -0.4 is 10.2 Å². The third kappa shape index (κ3) is 4.48. The topological polar surface area (TPSA) is 75.8 Å². The number of aromatic nitrogens is 1. The van der Waals surface area contributed by atoms with Gasteiger partial charge in [-0.15, -0.1) is 0 Å². The Morgan fingerprint density at radius 1 is 1.22 bits per heavy atom. The fourth-order valence-electron chi connectivity index (χ4n) is 2.57. The number of aromatic hydroxyl groups is 1. The maximum atomic E-state index is 12.1. The molecule has 0 bridgehead atoms. The van der Waals surface area contributed by atoms with Crippen LogP contribution in [0.4, 0.5) is 0 Å². The molecule has 1 amide bonds. The zero-order valence-corrected chi connectivity index (χ0v) is 17.0. The first-order valence-electron chi connectivity index (χ1n) is 8.13. The highest BCUT2D eigenvalue weighted by atomic mass is 127. The molecule has 3 aromatic rings. The summed E-state index contributed by atoms with van der Waals surface area (Å²) in [5.74, 6) is 0.485. The summed E-state index contributed by atoms with van der Waals surface area (Å²) < 4.78 is 7.89. The molecule has 0 aliphatic heterocycles. The van der Waals surface area contributed by atoms with Crippen molar-refractivity contribution in [2.45, 2.75) is 6.92 Å². The van der Waals surface area contributed by atoms with Crippen molar-refractivity contribution < 1.29 is 14.6 Å². The van der Waals surface area contributed by atoms with E-state index in [1.807, 2.05) is 70.6 Å². The van der Waals surface area contributed by atoms with E-state index in [9.17, 15) is 9.90 Å². The number of amides is 1. The monoisotopic (exact) mass is 475 g/mol. The molecule has 2 aromatic carbocycles. The van der Waals surface area contributed by atoms with Gasteiger partial charge >= 0.3 is 0 Å². The highest BCUT2D eigenvalue weighted by molar-refractivity contribution is 14.1. The minimum atomic E-state index is -0.385. The largest absolute Gasteiger partial charge is 0.507 e. The molecule has 0 aliphatic rings. The van der Waals surface area contributed by atoms with Crippen molar-refractivity contribution in [3.8, 4) is 17.2 Å². The summed E-state index contributed by atoms with van der Waals surface area (Å²) in [6.07, 6.45) is 3.51. The van der Waals surface area contributed by atoms with Crippen LogP contribution in [0.1, 0.15) is 21.6 Å². The Balaban J connectivity index is 1.70. The second-order valence-corrected chi connectivity index (χ2v) is 7.01. The first kappa shape index (κ1) is 19.0. The fourth-order valence-corrected chi connectivity index (χ4v) is 2.91. The number of hydrogen-bond donors (Lipinski definition) is 2. The van der Waals surface area contributed by atoms with E-state index in [-0.39, 0.29) is 11.7 Å². The minimum absolute atomic E-state index is 0.0689. The molecule has 0 radical (unpaired) electrons. The molecular weight excluding hydrogens is 457 g/mol. The molecule has 1 heterocycles. The van der Waals surface area contributed by atoms with Crippen LogP contribution in [0.3, 0.4) is 0 Å². The normalized spacial score (nSPS) is 10.9. The van der Waals surface area contributed by atoms with Crippen LogP contribution in [0.5, 0.6) is 11.5 Å². The Hall–Kier alpha value is -2.81. The van der Waals surface area contributed by atoms with Crippen LogP contribution in [0.2, 0.25) is 0 Å². The molecule has 1 aromatic heterocycles. The number of benzene rings is 2. The summed E-state index contributed by atoms with van der Waals surface area (Å²) in [7, 11) is 1.64. The number of hydrogen-bond acceptors (Lipinski definition) is 4. The molecule has 3 rings (SSSR count). The highest BCUT2D eigenvalue weighted by Gasteiger charge is 2.07. The second-order valence-electron chi connectivity index (χ2n) is 5.85. The van der Waals surface area contributed by atoms with Gasteiger partial charge in [-0.2, -0.15) is 5.10 Å². The Morgan fingerprint density at radius 2 is 1.96 bits per heavy atom. The lowest BCUT2D eigenvalue weighted by molar-refractivity contribution is 0.0954. The Kier molecular flexibility index (Phi) is 5.80. The highest BCUT2D eigenvalue weighted by Crippen LogP contribution is 2.20. The van der Waals surface area contributed by atoms with Gasteiger partial charge in [0.05, 0.1) is 16.9 Å². The Bertz CT molecular complexity index is 994. The average molecular weight is 475 g/mol. The molecule has 0 spiro atoms. The van der Waals surface area contributed by atoms with E-state index >= 15 is 0 Å². The lowest BCUT2D eigenvalue weighted by Crippen LogP contribution is -2.17. The number of hydrazone groups is 1. The maximum Gasteiger partial charge on any atom is 0.271 e. The summed E-state index contributed by atoms with van der Waals surface area (Å²) in [6.45, 7) is 1.99. The third-order valence-electron chi connectivity index (χ3n) is 3.97. The molecule has 0 aliphatic carbocycles. The van der Waals surface area contributed by atoms with Gasteiger partial charge in [0.1, 0.15) is 11.5 Å². The molecule has 0 saturated carbocycles. The van der Waals surface area contributed by atoms with Crippen molar-refractivity contribution in [1.82, 2.24) is 9.99 Å². The van der Waals surface area contributed by atoms with Crippen LogP contribution >= 0.6 is 22.6 Å². The van der Waals surface area contributed by atoms with Crippen LogP contribution in [0.15, 0.2) is 59.8 Å². The van der Waals surface area contributed by atoms with Gasteiger partial charge < -0.3 is 14.4 Å². The van der Waals surface area contributed by atoms with Crippen molar-refractivity contribution in [3.63, 3.8) is 0 Å². The molecule has 138 valence electrons. The number of aryl methyl sites for hydroxylation is 1. The van der Waals surface area contributed by atoms with E-state index in [2.05, 4.69) is 10.5 Å². The van der Waals surface area contributed by atoms with Gasteiger partial charge in [0.25, 0.3) is 5.91 Å².